The molecule has 0 unspecified atom stereocenters. The van der Waals surface area contributed by atoms with E-state index in [-0.39, 0.29) is 17.3 Å². The maximum atomic E-state index is 12.5. The van der Waals surface area contributed by atoms with Crippen LogP contribution in [0.3, 0.4) is 0 Å². The lowest BCUT2D eigenvalue weighted by Crippen LogP contribution is -2.50. The van der Waals surface area contributed by atoms with Gasteiger partial charge >= 0.3 is 0 Å². The minimum Gasteiger partial charge on any atom is -0.359 e. The second kappa shape index (κ2) is 7.06. The van der Waals surface area contributed by atoms with Gasteiger partial charge in [0, 0.05) is 30.9 Å². The van der Waals surface area contributed by atoms with Gasteiger partial charge < -0.3 is 9.80 Å². The molecule has 1 aliphatic heterocycles. The quantitative estimate of drug-likeness (QED) is 0.820. The molecule has 0 spiro atoms. The van der Waals surface area contributed by atoms with Crippen LogP contribution in [0.4, 0.5) is 5.69 Å². The van der Waals surface area contributed by atoms with E-state index in [0.717, 1.165) is 5.56 Å². The molecule has 3 rings (SSSR count). The van der Waals surface area contributed by atoms with Crippen LogP contribution in [0, 0.1) is 0 Å². The van der Waals surface area contributed by atoms with Crippen molar-refractivity contribution in [3.8, 4) is 0 Å². The maximum absolute atomic E-state index is 12.5. The highest BCUT2D eigenvalue weighted by molar-refractivity contribution is 7.90. The van der Waals surface area contributed by atoms with Gasteiger partial charge in [0.15, 0.2) is 9.84 Å². The van der Waals surface area contributed by atoms with Crippen LogP contribution in [-0.4, -0.2) is 45.1 Å². The van der Waals surface area contributed by atoms with E-state index in [2.05, 4.69) is 0 Å². The molecule has 25 heavy (non-hydrogen) atoms. The molecule has 1 saturated heterocycles. The van der Waals surface area contributed by atoms with Crippen LogP contribution in [-0.2, 0) is 21.2 Å². The Morgan fingerprint density at radius 3 is 2.36 bits per heavy atom. The average molecular weight is 379 g/mol. The summed E-state index contributed by atoms with van der Waals surface area (Å²) in [5.41, 5.74) is 1.60. The summed E-state index contributed by atoms with van der Waals surface area (Å²) < 4.78 is 24.0. The fourth-order valence-electron chi connectivity index (χ4n) is 2.92. The van der Waals surface area contributed by atoms with E-state index in [1.807, 2.05) is 17.0 Å². The predicted octanol–water partition coefficient (Wildman–Crippen LogP) is 2.59. The molecule has 132 valence electrons. The van der Waals surface area contributed by atoms with Crippen molar-refractivity contribution in [1.82, 2.24) is 4.90 Å². The zero-order chi connectivity index (χ0) is 18.0. The standard InChI is InChI=1S/C18H19ClN2O3S/c1-25(23,24)17-5-3-2-4-16(17)20-10-11-21(18(22)13-20)12-14-6-8-15(19)9-7-14/h2-9H,10-13H2,1H3. The molecule has 0 bridgehead atoms. The Hall–Kier alpha value is -2.05. The SMILES string of the molecule is CS(=O)(=O)c1ccccc1N1CCN(Cc2ccc(Cl)cc2)C(=O)C1. The summed E-state index contributed by atoms with van der Waals surface area (Å²) in [5.74, 6) is -0.0236. The first kappa shape index (κ1) is 17.8. The first-order chi connectivity index (χ1) is 11.8. The van der Waals surface area contributed by atoms with Crippen LogP contribution in [0.5, 0.6) is 0 Å². The van der Waals surface area contributed by atoms with Gasteiger partial charge in [0.2, 0.25) is 5.91 Å². The zero-order valence-corrected chi connectivity index (χ0v) is 15.4. The molecule has 0 N–H and O–H groups in total. The molecule has 0 atom stereocenters. The summed E-state index contributed by atoms with van der Waals surface area (Å²) in [4.78, 5) is 16.4. The van der Waals surface area contributed by atoms with Gasteiger partial charge in [-0.25, -0.2) is 8.42 Å². The Morgan fingerprint density at radius 1 is 1.04 bits per heavy atom. The largest absolute Gasteiger partial charge is 0.359 e. The summed E-state index contributed by atoms with van der Waals surface area (Å²) >= 11 is 5.89. The number of nitrogens with zero attached hydrogens (tertiary/aromatic N) is 2. The highest BCUT2D eigenvalue weighted by Gasteiger charge is 2.27. The molecule has 1 fully saturated rings. The number of halogens is 1. The highest BCUT2D eigenvalue weighted by Crippen LogP contribution is 2.26. The molecular weight excluding hydrogens is 360 g/mol. The van der Waals surface area contributed by atoms with Gasteiger partial charge in [0.25, 0.3) is 0 Å². The fourth-order valence-corrected chi connectivity index (χ4v) is 3.95. The third-order valence-electron chi connectivity index (χ3n) is 4.21. The van der Waals surface area contributed by atoms with E-state index in [9.17, 15) is 13.2 Å². The lowest BCUT2D eigenvalue weighted by molar-refractivity contribution is -0.131. The second-order valence-corrected chi connectivity index (χ2v) is 8.52. The average Bonchev–Trinajstić information content (AvgIpc) is 2.58. The molecule has 5 nitrogen and oxygen atoms in total. The van der Waals surface area contributed by atoms with Gasteiger partial charge in [-0.2, -0.15) is 0 Å². The lowest BCUT2D eigenvalue weighted by Gasteiger charge is -2.36. The highest BCUT2D eigenvalue weighted by atomic mass is 35.5. The van der Waals surface area contributed by atoms with Crippen molar-refractivity contribution in [1.29, 1.82) is 0 Å². The third-order valence-corrected chi connectivity index (χ3v) is 5.61. The fraction of sp³-hybridized carbons (Fsp3) is 0.278. The van der Waals surface area contributed by atoms with Crippen molar-refractivity contribution >= 4 is 33.0 Å². The first-order valence-electron chi connectivity index (χ1n) is 7.91. The van der Waals surface area contributed by atoms with Crippen molar-refractivity contribution < 1.29 is 13.2 Å². The van der Waals surface area contributed by atoms with E-state index >= 15 is 0 Å². The van der Waals surface area contributed by atoms with E-state index in [0.29, 0.717) is 30.3 Å². The van der Waals surface area contributed by atoms with Crippen LogP contribution in [0.25, 0.3) is 0 Å². The topological polar surface area (TPSA) is 57.7 Å². The number of carbonyl (C=O) groups excluding carboxylic acids is 1. The van der Waals surface area contributed by atoms with E-state index in [1.165, 1.54) is 6.26 Å². The molecule has 0 aliphatic carbocycles. The van der Waals surface area contributed by atoms with Crippen LogP contribution < -0.4 is 4.90 Å². The number of hydrogen-bond acceptors (Lipinski definition) is 4. The van der Waals surface area contributed by atoms with Crippen molar-refractivity contribution in [3.63, 3.8) is 0 Å². The van der Waals surface area contributed by atoms with Crippen LogP contribution in [0.1, 0.15) is 5.56 Å². The summed E-state index contributed by atoms with van der Waals surface area (Å²) in [5, 5.41) is 0.664. The molecule has 2 aromatic rings. The molecule has 0 saturated carbocycles. The van der Waals surface area contributed by atoms with Gasteiger partial charge in [-0.15, -0.1) is 0 Å². The normalized spacial score (nSPS) is 15.5. The minimum absolute atomic E-state index is 0.0236. The predicted molar refractivity (Wildman–Crippen MR) is 98.6 cm³/mol. The zero-order valence-electron chi connectivity index (χ0n) is 13.9. The molecular formula is C18H19ClN2O3S. The Kier molecular flexibility index (Phi) is 5.01. The molecule has 1 heterocycles. The Labute approximate surface area is 152 Å². The second-order valence-electron chi connectivity index (χ2n) is 6.10. The number of anilines is 1. The number of piperazine rings is 1. The van der Waals surface area contributed by atoms with E-state index in [1.54, 1.807) is 41.3 Å². The number of para-hydroxylation sites is 1. The Balaban J connectivity index is 1.74. The molecule has 1 amide bonds. The van der Waals surface area contributed by atoms with E-state index in [4.69, 9.17) is 11.6 Å². The van der Waals surface area contributed by atoms with Gasteiger partial charge in [-0.3, -0.25) is 4.79 Å². The number of amides is 1. The molecule has 0 radical (unpaired) electrons. The molecule has 2 aromatic carbocycles. The van der Waals surface area contributed by atoms with Crippen LogP contribution in [0.15, 0.2) is 53.4 Å². The molecule has 1 aliphatic rings. The van der Waals surface area contributed by atoms with E-state index < -0.39 is 9.84 Å². The van der Waals surface area contributed by atoms with Gasteiger partial charge in [0.1, 0.15) is 0 Å². The lowest BCUT2D eigenvalue weighted by atomic mass is 10.2. The summed E-state index contributed by atoms with van der Waals surface area (Å²) in [6.45, 7) is 1.82. The molecule has 0 aromatic heterocycles. The number of rotatable bonds is 4. The number of carbonyl (C=O) groups is 1. The van der Waals surface area contributed by atoms with Crippen LogP contribution >= 0.6 is 11.6 Å². The van der Waals surface area contributed by atoms with Crippen molar-refractivity contribution in [2.75, 3.05) is 30.8 Å². The van der Waals surface area contributed by atoms with Crippen molar-refractivity contribution in [2.24, 2.45) is 0 Å². The Morgan fingerprint density at radius 2 is 1.72 bits per heavy atom. The van der Waals surface area contributed by atoms with Crippen LogP contribution in [0.2, 0.25) is 5.02 Å². The first-order valence-corrected chi connectivity index (χ1v) is 10.2. The van der Waals surface area contributed by atoms with Crippen molar-refractivity contribution in [3.05, 3.63) is 59.1 Å². The minimum atomic E-state index is -3.35. The molecule has 7 heteroatoms. The monoisotopic (exact) mass is 378 g/mol. The summed E-state index contributed by atoms with van der Waals surface area (Å²) in [6.07, 6.45) is 1.18. The van der Waals surface area contributed by atoms with Gasteiger partial charge in [-0.05, 0) is 29.8 Å². The third kappa shape index (κ3) is 4.14. The smallest absolute Gasteiger partial charge is 0.242 e. The maximum Gasteiger partial charge on any atom is 0.242 e. The Bertz CT molecular complexity index is 881. The van der Waals surface area contributed by atoms with Gasteiger partial charge in [0.05, 0.1) is 17.1 Å². The number of benzene rings is 2. The number of sulfone groups is 1. The van der Waals surface area contributed by atoms with Crippen molar-refractivity contribution in [2.45, 2.75) is 11.4 Å². The van der Waals surface area contributed by atoms with Gasteiger partial charge in [-0.1, -0.05) is 35.9 Å². The number of hydrogen-bond donors (Lipinski definition) is 0. The summed E-state index contributed by atoms with van der Waals surface area (Å²) in [7, 11) is -3.35. The summed E-state index contributed by atoms with van der Waals surface area (Å²) in [6, 6.07) is 14.2.